The number of para-hydroxylation sites is 1. The highest BCUT2D eigenvalue weighted by atomic mass is 16.5. The Labute approximate surface area is 137 Å². The molecule has 23 heavy (non-hydrogen) atoms. The van der Waals surface area contributed by atoms with Crippen molar-refractivity contribution in [1.29, 1.82) is 0 Å². The van der Waals surface area contributed by atoms with Gasteiger partial charge in [-0.1, -0.05) is 25.1 Å². The summed E-state index contributed by atoms with van der Waals surface area (Å²) >= 11 is 0. The molecule has 1 saturated heterocycles. The number of ether oxygens (including phenoxy) is 1. The molecule has 0 aliphatic carbocycles. The molecule has 3 rings (SSSR count). The number of fused-ring (bicyclic) bond motifs is 1. The summed E-state index contributed by atoms with van der Waals surface area (Å²) in [5.41, 5.74) is 1.69. The summed E-state index contributed by atoms with van der Waals surface area (Å²) in [6.07, 6.45) is 3.31. The lowest BCUT2D eigenvalue weighted by atomic mass is 9.88. The van der Waals surface area contributed by atoms with Crippen molar-refractivity contribution in [3.8, 4) is 0 Å². The minimum atomic E-state index is -0.370. The van der Waals surface area contributed by atoms with Crippen molar-refractivity contribution in [2.75, 3.05) is 25.0 Å². The fraction of sp³-hybridized carbons (Fsp3) is 0.556. The largest absolute Gasteiger partial charge is 0.376 e. The van der Waals surface area contributed by atoms with Crippen LogP contribution in [0, 0.1) is 0 Å². The third kappa shape index (κ3) is 3.55. The lowest BCUT2D eigenvalue weighted by Crippen LogP contribution is -2.46. The highest BCUT2D eigenvalue weighted by Crippen LogP contribution is 2.34. The zero-order chi connectivity index (χ0) is 16.2. The molecule has 5 heteroatoms. The molecular formula is C18H24N2O3. The third-order valence-corrected chi connectivity index (χ3v) is 4.55. The molecule has 0 spiro atoms. The number of rotatable bonds is 4. The molecule has 0 radical (unpaired) electrons. The van der Waals surface area contributed by atoms with Crippen molar-refractivity contribution in [1.82, 2.24) is 4.90 Å². The van der Waals surface area contributed by atoms with Gasteiger partial charge in [0.15, 0.2) is 0 Å². The van der Waals surface area contributed by atoms with Crippen LogP contribution in [0.1, 0.15) is 44.1 Å². The van der Waals surface area contributed by atoms with E-state index in [1.807, 2.05) is 29.2 Å². The fourth-order valence-electron chi connectivity index (χ4n) is 3.41. The molecule has 0 bridgehead atoms. The van der Waals surface area contributed by atoms with Gasteiger partial charge in [0, 0.05) is 31.8 Å². The van der Waals surface area contributed by atoms with Crippen LogP contribution in [0.2, 0.25) is 0 Å². The SMILES string of the molecule is CCCOC1CCCN(C(=O)C2CC(=O)Nc3ccccc32)C1. The van der Waals surface area contributed by atoms with E-state index in [0.29, 0.717) is 6.54 Å². The van der Waals surface area contributed by atoms with Gasteiger partial charge in [0.05, 0.1) is 12.0 Å². The van der Waals surface area contributed by atoms with Gasteiger partial charge in [0.25, 0.3) is 0 Å². The molecular weight excluding hydrogens is 292 g/mol. The van der Waals surface area contributed by atoms with Gasteiger partial charge in [-0.05, 0) is 30.9 Å². The highest BCUT2D eigenvalue weighted by Gasteiger charge is 2.35. The second kappa shape index (κ2) is 7.13. The lowest BCUT2D eigenvalue weighted by molar-refractivity contribution is -0.138. The predicted octanol–water partition coefficient (Wildman–Crippen LogP) is 2.53. The van der Waals surface area contributed by atoms with Crippen molar-refractivity contribution in [3.05, 3.63) is 29.8 Å². The molecule has 2 atom stereocenters. The molecule has 1 fully saturated rings. The first-order chi connectivity index (χ1) is 11.2. The molecule has 1 N–H and O–H groups in total. The van der Waals surface area contributed by atoms with E-state index in [4.69, 9.17) is 4.74 Å². The Balaban J connectivity index is 1.74. The van der Waals surface area contributed by atoms with E-state index in [9.17, 15) is 9.59 Å². The Kier molecular flexibility index (Phi) is 4.96. The van der Waals surface area contributed by atoms with E-state index >= 15 is 0 Å². The molecule has 2 unspecified atom stereocenters. The number of benzene rings is 1. The maximum atomic E-state index is 13.0. The maximum Gasteiger partial charge on any atom is 0.230 e. The topological polar surface area (TPSA) is 58.6 Å². The quantitative estimate of drug-likeness (QED) is 0.928. The first kappa shape index (κ1) is 16.0. The minimum Gasteiger partial charge on any atom is -0.376 e. The lowest BCUT2D eigenvalue weighted by Gasteiger charge is -2.36. The van der Waals surface area contributed by atoms with Crippen LogP contribution in [0.5, 0.6) is 0 Å². The van der Waals surface area contributed by atoms with E-state index in [2.05, 4.69) is 12.2 Å². The number of hydrogen-bond acceptors (Lipinski definition) is 3. The summed E-state index contributed by atoms with van der Waals surface area (Å²) in [6.45, 7) is 4.22. The van der Waals surface area contributed by atoms with E-state index in [1.165, 1.54) is 0 Å². The van der Waals surface area contributed by atoms with Gasteiger partial charge in [-0.25, -0.2) is 0 Å². The second-order valence-electron chi connectivity index (χ2n) is 6.31. The van der Waals surface area contributed by atoms with Crippen molar-refractivity contribution in [2.45, 2.75) is 44.6 Å². The number of anilines is 1. The van der Waals surface area contributed by atoms with Gasteiger partial charge in [-0.15, -0.1) is 0 Å². The van der Waals surface area contributed by atoms with Gasteiger partial charge < -0.3 is 15.0 Å². The van der Waals surface area contributed by atoms with Gasteiger partial charge in [-0.3, -0.25) is 9.59 Å². The van der Waals surface area contributed by atoms with Crippen LogP contribution in [0.3, 0.4) is 0 Å². The van der Waals surface area contributed by atoms with E-state index < -0.39 is 0 Å². The van der Waals surface area contributed by atoms with Gasteiger partial charge in [-0.2, -0.15) is 0 Å². The summed E-state index contributed by atoms with van der Waals surface area (Å²) in [4.78, 5) is 26.8. The number of nitrogens with one attached hydrogen (secondary N) is 1. The number of piperidine rings is 1. The number of carbonyl (C=O) groups excluding carboxylic acids is 2. The summed E-state index contributed by atoms with van der Waals surface area (Å²) in [5.74, 6) is -0.403. The summed E-state index contributed by atoms with van der Waals surface area (Å²) in [5, 5.41) is 2.85. The van der Waals surface area contributed by atoms with Crippen molar-refractivity contribution in [2.24, 2.45) is 0 Å². The number of nitrogens with zero attached hydrogens (tertiary/aromatic N) is 1. The summed E-state index contributed by atoms with van der Waals surface area (Å²) in [7, 11) is 0. The Morgan fingerprint density at radius 1 is 1.39 bits per heavy atom. The van der Waals surface area contributed by atoms with Crippen LogP contribution in [0.25, 0.3) is 0 Å². The predicted molar refractivity (Wildman–Crippen MR) is 88.3 cm³/mol. The maximum absolute atomic E-state index is 13.0. The minimum absolute atomic E-state index is 0.0529. The Morgan fingerprint density at radius 3 is 3.04 bits per heavy atom. The van der Waals surface area contributed by atoms with Gasteiger partial charge in [0.2, 0.25) is 11.8 Å². The highest BCUT2D eigenvalue weighted by molar-refractivity contribution is 6.01. The molecule has 2 aliphatic heterocycles. The zero-order valence-corrected chi connectivity index (χ0v) is 13.6. The Bertz CT molecular complexity index is 587. The molecule has 1 aromatic carbocycles. The average molecular weight is 316 g/mol. The van der Waals surface area contributed by atoms with Crippen LogP contribution in [0.15, 0.2) is 24.3 Å². The molecule has 124 valence electrons. The molecule has 0 saturated carbocycles. The Morgan fingerprint density at radius 2 is 2.22 bits per heavy atom. The van der Waals surface area contributed by atoms with Gasteiger partial charge >= 0.3 is 0 Å². The number of hydrogen-bond donors (Lipinski definition) is 1. The second-order valence-corrected chi connectivity index (χ2v) is 6.31. The molecule has 1 aromatic rings. The smallest absolute Gasteiger partial charge is 0.230 e. The van der Waals surface area contributed by atoms with E-state index in [-0.39, 0.29) is 30.3 Å². The number of likely N-dealkylation sites (tertiary alicyclic amines) is 1. The molecule has 2 amide bonds. The summed E-state index contributed by atoms with van der Waals surface area (Å²) in [6, 6.07) is 7.59. The third-order valence-electron chi connectivity index (χ3n) is 4.55. The molecule has 2 heterocycles. The fourth-order valence-corrected chi connectivity index (χ4v) is 3.41. The zero-order valence-electron chi connectivity index (χ0n) is 13.6. The number of carbonyl (C=O) groups is 2. The first-order valence-corrected chi connectivity index (χ1v) is 8.48. The normalized spacial score (nSPS) is 24.0. The van der Waals surface area contributed by atoms with Gasteiger partial charge in [0.1, 0.15) is 0 Å². The molecule has 2 aliphatic rings. The van der Waals surface area contributed by atoms with Crippen molar-refractivity contribution in [3.63, 3.8) is 0 Å². The van der Waals surface area contributed by atoms with Crippen LogP contribution in [-0.2, 0) is 14.3 Å². The monoisotopic (exact) mass is 316 g/mol. The first-order valence-electron chi connectivity index (χ1n) is 8.48. The van der Waals surface area contributed by atoms with Crippen LogP contribution < -0.4 is 5.32 Å². The molecule has 5 nitrogen and oxygen atoms in total. The van der Waals surface area contributed by atoms with Crippen molar-refractivity contribution < 1.29 is 14.3 Å². The van der Waals surface area contributed by atoms with Crippen molar-refractivity contribution >= 4 is 17.5 Å². The van der Waals surface area contributed by atoms with Crippen LogP contribution in [0.4, 0.5) is 5.69 Å². The average Bonchev–Trinajstić information content (AvgIpc) is 2.58. The van der Waals surface area contributed by atoms with Crippen LogP contribution >= 0.6 is 0 Å². The number of amides is 2. The van der Waals surface area contributed by atoms with E-state index in [1.54, 1.807) is 0 Å². The standard InChI is InChI=1S/C18H24N2O3/c1-2-10-23-13-6-5-9-20(12-13)18(22)15-11-17(21)19-16-8-4-3-7-14(15)16/h3-4,7-8,13,15H,2,5-6,9-12H2,1H3,(H,19,21). The van der Waals surface area contributed by atoms with E-state index in [0.717, 1.165) is 43.7 Å². The Hall–Kier alpha value is -1.88. The van der Waals surface area contributed by atoms with Crippen LogP contribution in [-0.4, -0.2) is 42.5 Å². The molecule has 0 aromatic heterocycles. The summed E-state index contributed by atoms with van der Waals surface area (Å²) < 4.78 is 5.82.